The topological polar surface area (TPSA) is 69.6 Å². The maximum atomic E-state index is 13.5. The van der Waals surface area contributed by atoms with Crippen LogP contribution in [0.15, 0.2) is 119 Å². The molecular formula is C30H28N2O3S. The number of urea groups is 1. The number of carboxylic acid groups (broad SMARTS) is 1. The van der Waals surface area contributed by atoms with Gasteiger partial charge in [0.15, 0.2) is 0 Å². The molecule has 0 bridgehead atoms. The summed E-state index contributed by atoms with van der Waals surface area (Å²) in [7, 11) is 0. The molecule has 0 aliphatic rings. The van der Waals surface area contributed by atoms with E-state index in [2.05, 4.69) is 5.32 Å². The quantitative estimate of drug-likeness (QED) is 0.256. The van der Waals surface area contributed by atoms with Crippen molar-refractivity contribution in [2.75, 3.05) is 5.32 Å². The molecule has 0 saturated heterocycles. The summed E-state index contributed by atoms with van der Waals surface area (Å²) in [6, 6.07) is 34.9. The second-order valence-corrected chi connectivity index (χ2v) is 9.62. The summed E-state index contributed by atoms with van der Waals surface area (Å²) in [5, 5.41) is 12.0. The number of hydrogen-bond donors (Lipinski definition) is 2. The number of rotatable bonds is 9. The Labute approximate surface area is 215 Å². The highest BCUT2D eigenvalue weighted by atomic mass is 32.2. The van der Waals surface area contributed by atoms with E-state index in [1.54, 1.807) is 11.8 Å². The van der Waals surface area contributed by atoms with Crippen LogP contribution in [0, 0.1) is 0 Å². The van der Waals surface area contributed by atoms with Crippen molar-refractivity contribution in [3.8, 4) is 0 Å². The number of nitrogens with one attached hydrogen (secondary N) is 1. The standard InChI is InChI=1S/C30H28N2O3S/c1-22(25-11-6-3-7-12-25)32(21-24-9-4-2-5-10-24)30(35)31-26-13-8-14-28(20-26)36-27-17-15-23(16-18-27)19-29(33)34/h2-18,20,22H,19,21H2,1H3,(H,31,35)(H,33,34). The Kier molecular flexibility index (Phi) is 8.42. The predicted molar refractivity (Wildman–Crippen MR) is 144 cm³/mol. The monoisotopic (exact) mass is 496 g/mol. The van der Waals surface area contributed by atoms with Gasteiger partial charge < -0.3 is 15.3 Å². The largest absolute Gasteiger partial charge is 0.481 e. The minimum atomic E-state index is -0.846. The normalized spacial score (nSPS) is 11.5. The number of carboxylic acids is 1. The first-order chi connectivity index (χ1) is 17.5. The first-order valence-corrected chi connectivity index (χ1v) is 12.5. The van der Waals surface area contributed by atoms with Crippen LogP contribution in [0.5, 0.6) is 0 Å². The van der Waals surface area contributed by atoms with Crippen molar-refractivity contribution in [3.05, 3.63) is 126 Å². The SMILES string of the molecule is CC(c1ccccc1)N(Cc1ccccc1)C(=O)Nc1cccc(Sc2ccc(CC(=O)O)cc2)c1. The molecule has 4 aromatic rings. The third-order valence-electron chi connectivity index (χ3n) is 5.81. The fraction of sp³-hybridized carbons (Fsp3) is 0.133. The van der Waals surface area contributed by atoms with Crippen LogP contribution in [-0.2, 0) is 17.8 Å². The summed E-state index contributed by atoms with van der Waals surface area (Å²) in [5.74, 6) is -0.846. The van der Waals surface area contributed by atoms with Gasteiger partial charge in [-0.25, -0.2) is 4.79 Å². The van der Waals surface area contributed by atoms with E-state index < -0.39 is 5.97 Å². The zero-order valence-corrected chi connectivity index (χ0v) is 20.8. The lowest BCUT2D eigenvalue weighted by Crippen LogP contribution is -2.36. The first-order valence-electron chi connectivity index (χ1n) is 11.7. The van der Waals surface area contributed by atoms with E-state index >= 15 is 0 Å². The smallest absolute Gasteiger partial charge is 0.322 e. The summed E-state index contributed by atoms with van der Waals surface area (Å²) in [6.07, 6.45) is 0.00729. The molecule has 4 aromatic carbocycles. The molecule has 1 atom stereocenters. The number of nitrogens with zero attached hydrogens (tertiary/aromatic N) is 1. The van der Waals surface area contributed by atoms with Crippen molar-refractivity contribution in [1.29, 1.82) is 0 Å². The molecule has 0 spiro atoms. The Bertz CT molecular complexity index is 1290. The number of anilines is 1. The van der Waals surface area contributed by atoms with Crippen molar-refractivity contribution in [2.24, 2.45) is 0 Å². The Morgan fingerprint density at radius 2 is 1.47 bits per heavy atom. The van der Waals surface area contributed by atoms with Crippen LogP contribution in [0.4, 0.5) is 10.5 Å². The van der Waals surface area contributed by atoms with Gasteiger partial charge in [0.2, 0.25) is 0 Å². The minimum Gasteiger partial charge on any atom is -0.481 e. The highest BCUT2D eigenvalue weighted by Crippen LogP contribution is 2.30. The minimum absolute atomic E-state index is 0.00729. The molecule has 36 heavy (non-hydrogen) atoms. The Balaban J connectivity index is 1.49. The van der Waals surface area contributed by atoms with Gasteiger partial charge in [0.1, 0.15) is 0 Å². The van der Waals surface area contributed by atoms with E-state index in [1.807, 2.05) is 121 Å². The average Bonchev–Trinajstić information content (AvgIpc) is 2.89. The molecule has 0 aromatic heterocycles. The van der Waals surface area contributed by atoms with Gasteiger partial charge in [0.25, 0.3) is 0 Å². The molecule has 1 unspecified atom stereocenters. The number of benzene rings is 4. The van der Waals surface area contributed by atoms with Crippen LogP contribution in [0.3, 0.4) is 0 Å². The summed E-state index contributed by atoms with van der Waals surface area (Å²) in [6.45, 7) is 2.53. The van der Waals surface area contributed by atoms with Gasteiger partial charge in [-0.05, 0) is 53.9 Å². The molecular weight excluding hydrogens is 468 g/mol. The summed E-state index contributed by atoms with van der Waals surface area (Å²) >= 11 is 1.56. The maximum Gasteiger partial charge on any atom is 0.322 e. The number of hydrogen-bond acceptors (Lipinski definition) is 3. The first kappa shape index (κ1) is 25.1. The lowest BCUT2D eigenvalue weighted by Gasteiger charge is -2.30. The molecule has 0 aliphatic carbocycles. The molecule has 0 heterocycles. The van der Waals surface area contributed by atoms with E-state index in [0.29, 0.717) is 12.2 Å². The molecule has 2 amide bonds. The van der Waals surface area contributed by atoms with Gasteiger partial charge in [-0.15, -0.1) is 0 Å². The molecule has 5 nitrogen and oxygen atoms in total. The van der Waals surface area contributed by atoms with Gasteiger partial charge in [0.05, 0.1) is 12.5 Å². The Morgan fingerprint density at radius 1 is 0.806 bits per heavy atom. The zero-order valence-electron chi connectivity index (χ0n) is 20.0. The van der Waals surface area contributed by atoms with Crippen LogP contribution in [0.2, 0.25) is 0 Å². The third-order valence-corrected chi connectivity index (χ3v) is 6.80. The second-order valence-electron chi connectivity index (χ2n) is 8.47. The number of carbonyl (C=O) groups is 2. The molecule has 4 rings (SSSR count). The maximum absolute atomic E-state index is 13.5. The van der Waals surface area contributed by atoms with E-state index in [9.17, 15) is 9.59 Å². The van der Waals surface area contributed by atoms with Gasteiger partial charge in [-0.3, -0.25) is 4.79 Å². The number of carbonyl (C=O) groups excluding carboxylic acids is 1. The van der Waals surface area contributed by atoms with E-state index in [1.165, 1.54) is 0 Å². The average molecular weight is 497 g/mol. The lowest BCUT2D eigenvalue weighted by molar-refractivity contribution is -0.136. The van der Waals surface area contributed by atoms with Crippen molar-refractivity contribution in [3.63, 3.8) is 0 Å². The molecule has 0 radical (unpaired) electrons. The van der Waals surface area contributed by atoms with Crippen LogP contribution in [-0.4, -0.2) is 22.0 Å². The van der Waals surface area contributed by atoms with Crippen LogP contribution < -0.4 is 5.32 Å². The molecule has 0 saturated carbocycles. The van der Waals surface area contributed by atoms with Gasteiger partial charge in [-0.2, -0.15) is 0 Å². The van der Waals surface area contributed by atoms with Crippen molar-refractivity contribution < 1.29 is 14.7 Å². The Morgan fingerprint density at radius 3 is 2.14 bits per heavy atom. The van der Waals surface area contributed by atoms with E-state index in [0.717, 1.165) is 26.5 Å². The number of amides is 2. The highest BCUT2D eigenvalue weighted by Gasteiger charge is 2.22. The summed E-state index contributed by atoms with van der Waals surface area (Å²) in [4.78, 5) is 28.2. The van der Waals surface area contributed by atoms with Crippen LogP contribution in [0.25, 0.3) is 0 Å². The van der Waals surface area contributed by atoms with Gasteiger partial charge >= 0.3 is 12.0 Å². The zero-order chi connectivity index (χ0) is 25.3. The van der Waals surface area contributed by atoms with Gasteiger partial charge in [-0.1, -0.05) is 90.6 Å². The molecule has 182 valence electrons. The summed E-state index contributed by atoms with van der Waals surface area (Å²) < 4.78 is 0. The van der Waals surface area contributed by atoms with E-state index in [4.69, 9.17) is 5.11 Å². The highest BCUT2D eigenvalue weighted by molar-refractivity contribution is 7.99. The second kappa shape index (κ2) is 12.1. The van der Waals surface area contributed by atoms with Crippen molar-refractivity contribution in [2.45, 2.75) is 35.7 Å². The molecule has 6 heteroatoms. The summed E-state index contributed by atoms with van der Waals surface area (Å²) in [5.41, 5.74) is 3.61. The number of aliphatic carboxylic acids is 1. The molecule has 0 fully saturated rings. The third kappa shape index (κ3) is 6.99. The molecule has 0 aliphatic heterocycles. The fourth-order valence-electron chi connectivity index (χ4n) is 3.89. The fourth-order valence-corrected chi connectivity index (χ4v) is 4.77. The van der Waals surface area contributed by atoms with Gasteiger partial charge in [0, 0.05) is 22.0 Å². The molecule has 2 N–H and O–H groups in total. The lowest BCUT2D eigenvalue weighted by atomic mass is 10.1. The van der Waals surface area contributed by atoms with E-state index in [-0.39, 0.29) is 18.5 Å². The Hall–Kier alpha value is -4.03. The van der Waals surface area contributed by atoms with Crippen LogP contribution >= 0.6 is 11.8 Å². The van der Waals surface area contributed by atoms with Crippen LogP contribution in [0.1, 0.15) is 29.7 Å². The van der Waals surface area contributed by atoms with Crippen molar-refractivity contribution >= 4 is 29.4 Å². The predicted octanol–water partition coefficient (Wildman–Crippen LogP) is 7.26. The van der Waals surface area contributed by atoms with Crippen molar-refractivity contribution in [1.82, 2.24) is 4.90 Å².